The molecule has 0 aromatic heterocycles. The van der Waals surface area contributed by atoms with Crippen LogP contribution in [0.2, 0.25) is 5.02 Å². The van der Waals surface area contributed by atoms with Crippen molar-refractivity contribution in [3.8, 4) is 5.75 Å². The Morgan fingerprint density at radius 2 is 2.11 bits per heavy atom. The van der Waals surface area contributed by atoms with Crippen molar-refractivity contribution in [3.05, 3.63) is 28.8 Å². The minimum atomic E-state index is 0.306. The lowest BCUT2D eigenvalue weighted by Gasteiger charge is -2.15. The van der Waals surface area contributed by atoms with Crippen molar-refractivity contribution in [2.24, 2.45) is 0 Å². The minimum Gasteiger partial charge on any atom is -0.492 e. The smallest absolute Gasteiger partial charge is 0.137 e. The Labute approximate surface area is 121 Å². The van der Waals surface area contributed by atoms with Crippen LogP contribution >= 0.6 is 11.6 Å². The van der Waals surface area contributed by atoms with Gasteiger partial charge >= 0.3 is 0 Å². The second-order valence-electron chi connectivity index (χ2n) is 4.56. The van der Waals surface area contributed by atoms with E-state index in [9.17, 15) is 0 Å². The quantitative estimate of drug-likeness (QED) is 0.700. The van der Waals surface area contributed by atoms with Crippen LogP contribution in [0, 0.1) is 0 Å². The minimum absolute atomic E-state index is 0.306. The Hall–Kier alpha value is -0.770. The fourth-order valence-electron chi connectivity index (χ4n) is 1.77. The van der Waals surface area contributed by atoms with Gasteiger partial charge in [-0.2, -0.15) is 0 Å². The summed E-state index contributed by atoms with van der Waals surface area (Å²) in [5.74, 6) is 0.740. The Balaban J connectivity index is 2.53. The number of halogens is 1. The molecule has 0 spiro atoms. The first-order chi connectivity index (χ1) is 9.19. The highest BCUT2D eigenvalue weighted by Gasteiger charge is 2.08. The van der Waals surface area contributed by atoms with E-state index < -0.39 is 0 Å². The highest BCUT2D eigenvalue weighted by molar-refractivity contribution is 6.32. The number of benzene rings is 1. The average Bonchev–Trinajstić information content (AvgIpc) is 2.42. The fourth-order valence-corrected chi connectivity index (χ4v) is 2.01. The first-order valence-electron chi connectivity index (χ1n) is 6.83. The Morgan fingerprint density at radius 1 is 1.32 bits per heavy atom. The lowest BCUT2D eigenvalue weighted by atomic mass is 10.1. The second-order valence-corrected chi connectivity index (χ2v) is 4.97. The molecule has 1 unspecified atom stereocenters. The van der Waals surface area contributed by atoms with Crippen molar-refractivity contribution in [2.45, 2.75) is 32.7 Å². The van der Waals surface area contributed by atoms with Crippen molar-refractivity contribution in [1.29, 1.82) is 0 Å². The van der Waals surface area contributed by atoms with E-state index in [4.69, 9.17) is 21.1 Å². The summed E-state index contributed by atoms with van der Waals surface area (Å²) in [5, 5.41) is 4.11. The molecule has 108 valence electrons. The maximum absolute atomic E-state index is 6.24. The summed E-state index contributed by atoms with van der Waals surface area (Å²) in [4.78, 5) is 0. The molecule has 1 rings (SSSR count). The van der Waals surface area contributed by atoms with Crippen LogP contribution in [0.4, 0.5) is 0 Å². The SMILES string of the molecule is CCCNC(C)c1ccc(OCCCOC)c(Cl)c1. The second kappa shape index (κ2) is 9.18. The third kappa shape index (κ3) is 5.81. The van der Waals surface area contributed by atoms with Crippen LogP contribution in [0.15, 0.2) is 18.2 Å². The van der Waals surface area contributed by atoms with Crippen molar-refractivity contribution in [1.82, 2.24) is 5.32 Å². The summed E-state index contributed by atoms with van der Waals surface area (Å²) in [7, 11) is 1.69. The van der Waals surface area contributed by atoms with Crippen LogP contribution in [0.5, 0.6) is 5.75 Å². The van der Waals surface area contributed by atoms with Gasteiger partial charge in [-0.1, -0.05) is 24.6 Å². The predicted octanol–water partition coefficient (Wildman–Crippen LogP) is 3.82. The number of hydrogen-bond donors (Lipinski definition) is 1. The molecule has 3 nitrogen and oxygen atoms in total. The number of methoxy groups -OCH3 is 1. The zero-order valence-corrected chi connectivity index (χ0v) is 12.8. The van der Waals surface area contributed by atoms with Crippen LogP contribution in [-0.4, -0.2) is 26.9 Å². The summed E-state index contributed by atoms with van der Waals surface area (Å²) in [5.41, 5.74) is 1.18. The van der Waals surface area contributed by atoms with Gasteiger partial charge in [-0.25, -0.2) is 0 Å². The maximum Gasteiger partial charge on any atom is 0.137 e. The average molecular weight is 286 g/mol. The van der Waals surface area contributed by atoms with Gasteiger partial charge < -0.3 is 14.8 Å². The fraction of sp³-hybridized carbons (Fsp3) is 0.600. The zero-order chi connectivity index (χ0) is 14.1. The largest absolute Gasteiger partial charge is 0.492 e. The molecule has 19 heavy (non-hydrogen) atoms. The molecular weight excluding hydrogens is 262 g/mol. The number of hydrogen-bond acceptors (Lipinski definition) is 3. The maximum atomic E-state index is 6.24. The first kappa shape index (κ1) is 16.3. The van der Waals surface area contributed by atoms with Crippen molar-refractivity contribution in [3.63, 3.8) is 0 Å². The van der Waals surface area contributed by atoms with Crippen LogP contribution in [-0.2, 0) is 4.74 Å². The molecule has 0 heterocycles. The molecule has 0 radical (unpaired) electrons. The lowest BCUT2D eigenvalue weighted by Crippen LogP contribution is -2.19. The molecule has 0 aliphatic carbocycles. The topological polar surface area (TPSA) is 30.5 Å². The van der Waals surface area contributed by atoms with Gasteiger partial charge in [-0.15, -0.1) is 0 Å². The van der Waals surface area contributed by atoms with Gasteiger partial charge in [0.2, 0.25) is 0 Å². The predicted molar refractivity (Wildman–Crippen MR) is 80.1 cm³/mol. The van der Waals surface area contributed by atoms with Crippen LogP contribution in [0.3, 0.4) is 0 Å². The zero-order valence-electron chi connectivity index (χ0n) is 12.0. The Morgan fingerprint density at radius 3 is 2.74 bits per heavy atom. The summed E-state index contributed by atoms with van der Waals surface area (Å²) in [6, 6.07) is 6.28. The summed E-state index contributed by atoms with van der Waals surface area (Å²) in [6.45, 7) is 6.63. The number of nitrogens with one attached hydrogen (secondary N) is 1. The van der Waals surface area contributed by atoms with E-state index in [-0.39, 0.29) is 0 Å². The molecule has 1 aromatic rings. The normalized spacial score (nSPS) is 12.4. The first-order valence-corrected chi connectivity index (χ1v) is 7.21. The van der Waals surface area contributed by atoms with E-state index in [0.717, 1.165) is 25.1 Å². The van der Waals surface area contributed by atoms with Gasteiger partial charge in [0.15, 0.2) is 0 Å². The number of ether oxygens (including phenoxy) is 2. The summed E-state index contributed by atoms with van der Waals surface area (Å²) >= 11 is 6.24. The third-order valence-electron chi connectivity index (χ3n) is 2.91. The molecule has 0 saturated carbocycles. The molecule has 1 atom stereocenters. The van der Waals surface area contributed by atoms with Crippen molar-refractivity contribution < 1.29 is 9.47 Å². The monoisotopic (exact) mass is 285 g/mol. The van der Waals surface area contributed by atoms with E-state index >= 15 is 0 Å². The van der Waals surface area contributed by atoms with E-state index in [2.05, 4.69) is 25.2 Å². The van der Waals surface area contributed by atoms with Crippen LogP contribution in [0.1, 0.15) is 38.3 Å². The summed E-state index contributed by atoms with van der Waals surface area (Å²) in [6.07, 6.45) is 1.99. The molecule has 1 N–H and O–H groups in total. The van der Waals surface area contributed by atoms with E-state index in [1.165, 1.54) is 5.56 Å². The molecule has 0 fully saturated rings. The lowest BCUT2D eigenvalue weighted by molar-refractivity contribution is 0.172. The molecule has 0 saturated heterocycles. The molecule has 1 aromatic carbocycles. The highest BCUT2D eigenvalue weighted by Crippen LogP contribution is 2.28. The molecule has 0 aliphatic heterocycles. The van der Waals surface area contributed by atoms with E-state index in [0.29, 0.717) is 24.3 Å². The van der Waals surface area contributed by atoms with Crippen LogP contribution in [0.25, 0.3) is 0 Å². The van der Waals surface area contributed by atoms with Gasteiger partial charge in [0.1, 0.15) is 5.75 Å². The van der Waals surface area contributed by atoms with E-state index in [1.54, 1.807) is 7.11 Å². The Bertz CT molecular complexity index is 371. The molecule has 4 heteroatoms. The van der Waals surface area contributed by atoms with Gasteiger partial charge in [0.25, 0.3) is 0 Å². The van der Waals surface area contributed by atoms with Gasteiger partial charge in [0.05, 0.1) is 11.6 Å². The molecule has 0 bridgehead atoms. The van der Waals surface area contributed by atoms with Gasteiger partial charge in [-0.3, -0.25) is 0 Å². The van der Waals surface area contributed by atoms with Crippen molar-refractivity contribution >= 4 is 11.6 Å². The molecular formula is C15H24ClNO2. The van der Waals surface area contributed by atoms with Gasteiger partial charge in [-0.05, 0) is 37.6 Å². The van der Waals surface area contributed by atoms with Crippen LogP contribution < -0.4 is 10.1 Å². The van der Waals surface area contributed by atoms with Crippen molar-refractivity contribution in [2.75, 3.05) is 26.9 Å². The number of rotatable bonds is 9. The standard InChI is InChI=1S/C15H24ClNO2/c1-4-8-17-12(2)13-6-7-15(14(16)11-13)19-10-5-9-18-3/h6-7,11-12,17H,4-5,8-10H2,1-3H3. The summed E-state index contributed by atoms with van der Waals surface area (Å²) < 4.78 is 10.6. The third-order valence-corrected chi connectivity index (χ3v) is 3.20. The molecule has 0 aliphatic rings. The van der Waals surface area contributed by atoms with E-state index in [1.807, 2.05) is 12.1 Å². The highest BCUT2D eigenvalue weighted by atomic mass is 35.5. The Kier molecular flexibility index (Phi) is 7.87. The molecule has 0 amide bonds. The van der Waals surface area contributed by atoms with Gasteiger partial charge in [0, 0.05) is 26.2 Å².